The van der Waals surface area contributed by atoms with Crippen LogP contribution in [0.1, 0.15) is 44.7 Å². The van der Waals surface area contributed by atoms with Crippen molar-refractivity contribution in [2.75, 3.05) is 26.7 Å². The first-order chi connectivity index (χ1) is 12.0. The number of carbonyl (C=O) groups is 2. The van der Waals surface area contributed by atoms with Crippen molar-refractivity contribution in [2.45, 2.75) is 39.0 Å². The average molecular weight is 355 g/mol. The Kier molecular flexibility index (Phi) is 9.23. The number of ether oxygens (including phenoxy) is 1. The molecule has 0 amide bonds. The van der Waals surface area contributed by atoms with Crippen molar-refractivity contribution in [3.63, 3.8) is 0 Å². The maximum Gasteiger partial charge on any atom is 0.414 e. The molecule has 2 N–H and O–H groups in total. The standard InChI is InChI=1S/C14H23N3O2.C2H2O4/c1-3-4-5-6-10-18-14-13(15-19-16-14)12-8-7-9-17(2)11-12;3-1(4)2(5)6/h8H,3-7,9-11H2,1-2H3;(H,3,4)(H,5,6). The Morgan fingerprint density at radius 1 is 1.24 bits per heavy atom. The van der Waals surface area contributed by atoms with Gasteiger partial charge in [-0.15, -0.1) is 0 Å². The average Bonchev–Trinajstić information content (AvgIpc) is 3.03. The lowest BCUT2D eigenvalue weighted by atomic mass is 10.1. The zero-order valence-corrected chi connectivity index (χ0v) is 14.6. The van der Waals surface area contributed by atoms with Crippen LogP contribution < -0.4 is 4.74 Å². The number of unbranched alkanes of at least 4 members (excludes halogenated alkanes) is 3. The van der Waals surface area contributed by atoms with E-state index in [2.05, 4.69) is 35.3 Å². The zero-order chi connectivity index (χ0) is 18.7. The fourth-order valence-electron chi connectivity index (χ4n) is 2.23. The molecule has 0 fully saturated rings. The van der Waals surface area contributed by atoms with Gasteiger partial charge in [0.2, 0.25) is 0 Å². The number of carboxylic acid groups (broad SMARTS) is 2. The summed E-state index contributed by atoms with van der Waals surface area (Å²) in [5.74, 6) is -3.11. The van der Waals surface area contributed by atoms with Crippen molar-refractivity contribution >= 4 is 17.5 Å². The second-order valence-electron chi connectivity index (χ2n) is 5.69. The SMILES string of the molecule is CCCCCCOc1nonc1C1=CCCN(C)C1.O=C(O)C(=O)O. The number of hydrogen-bond donors (Lipinski definition) is 2. The van der Waals surface area contributed by atoms with E-state index in [4.69, 9.17) is 29.2 Å². The van der Waals surface area contributed by atoms with Crippen LogP contribution in [0.2, 0.25) is 0 Å². The molecule has 0 bridgehead atoms. The van der Waals surface area contributed by atoms with Crippen molar-refractivity contribution < 1.29 is 29.2 Å². The van der Waals surface area contributed by atoms with E-state index in [0.29, 0.717) is 12.5 Å². The molecule has 0 radical (unpaired) electrons. The normalized spacial score (nSPS) is 14.2. The fraction of sp³-hybridized carbons (Fsp3) is 0.625. The van der Waals surface area contributed by atoms with Crippen molar-refractivity contribution in [1.82, 2.24) is 15.2 Å². The first-order valence-electron chi connectivity index (χ1n) is 8.25. The molecule has 0 atom stereocenters. The van der Waals surface area contributed by atoms with Crippen LogP contribution in [-0.4, -0.2) is 64.1 Å². The molecule has 0 spiro atoms. The zero-order valence-electron chi connectivity index (χ0n) is 14.6. The van der Waals surface area contributed by atoms with Crippen molar-refractivity contribution in [3.05, 3.63) is 11.8 Å². The summed E-state index contributed by atoms with van der Waals surface area (Å²) >= 11 is 0. The minimum absolute atomic E-state index is 0.540. The molecule has 140 valence electrons. The van der Waals surface area contributed by atoms with Crippen LogP contribution in [-0.2, 0) is 9.59 Å². The van der Waals surface area contributed by atoms with Crippen molar-refractivity contribution in [2.24, 2.45) is 0 Å². The van der Waals surface area contributed by atoms with Crippen LogP contribution in [0.4, 0.5) is 0 Å². The van der Waals surface area contributed by atoms with Gasteiger partial charge in [-0.05, 0) is 35.8 Å². The highest BCUT2D eigenvalue weighted by Gasteiger charge is 2.19. The number of rotatable bonds is 7. The van der Waals surface area contributed by atoms with Crippen molar-refractivity contribution in [1.29, 1.82) is 0 Å². The van der Waals surface area contributed by atoms with Gasteiger partial charge in [0.15, 0.2) is 5.69 Å². The molecule has 0 saturated carbocycles. The fourth-order valence-corrected chi connectivity index (χ4v) is 2.23. The number of hydrogen-bond acceptors (Lipinski definition) is 7. The van der Waals surface area contributed by atoms with Crippen LogP contribution in [0.3, 0.4) is 0 Å². The second kappa shape index (κ2) is 11.2. The van der Waals surface area contributed by atoms with E-state index in [1.807, 2.05) is 0 Å². The van der Waals surface area contributed by atoms with Gasteiger partial charge in [-0.2, -0.15) is 0 Å². The molecule has 1 aromatic heterocycles. The molecule has 0 unspecified atom stereocenters. The van der Waals surface area contributed by atoms with E-state index in [0.717, 1.165) is 37.2 Å². The lowest BCUT2D eigenvalue weighted by Crippen LogP contribution is -2.25. The third-order valence-electron chi connectivity index (χ3n) is 3.52. The van der Waals surface area contributed by atoms with Crippen molar-refractivity contribution in [3.8, 4) is 5.88 Å². The van der Waals surface area contributed by atoms with Gasteiger partial charge in [-0.25, -0.2) is 14.2 Å². The molecule has 9 heteroatoms. The summed E-state index contributed by atoms with van der Waals surface area (Å²) in [4.78, 5) is 20.5. The van der Waals surface area contributed by atoms with Crippen LogP contribution in [0, 0.1) is 0 Å². The minimum Gasteiger partial charge on any atom is -0.474 e. The molecule has 0 aromatic carbocycles. The Balaban J connectivity index is 0.000000450. The summed E-state index contributed by atoms with van der Waals surface area (Å²) in [5, 5.41) is 22.6. The summed E-state index contributed by atoms with van der Waals surface area (Å²) in [6.07, 6.45) is 7.97. The Morgan fingerprint density at radius 2 is 1.96 bits per heavy atom. The molecule has 2 rings (SSSR count). The van der Waals surface area contributed by atoms with Gasteiger partial charge < -0.3 is 19.8 Å². The van der Waals surface area contributed by atoms with E-state index in [1.54, 1.807) is 0 Å². The second-order valence-corrected chi connectivity index (χ2v) is 5.69. The van der Waals surface area contributed by atoms with Crippen LogP contribution >= 0.6 is 0 Å². The molecule has 25 heavy (non-hydrogen) atoms. The predicted molar refractivity (Wildman–Crippen MR) is 89.3 cm³/mol. The van der Waals surface area contributed by atoms with Gasteiger partial charge in [0.05, 0.1) is 6.61 Å². The largest absolute Gasteiger partial charge is 0.474 e. The number of nitrogens with zero attached hydrogens (tertiary/aromatic N) is 3. The number of aliphatic carboxylic acids is 2. The Bertz CT molecular complexity index is 572. The summed E-state index contributed by atoms with van der Waals surface area (Å²) in [7, 11) is 2.10. The minimum atomic E-state index is -1.82. The van der Waals surface area contributed by atoms with E-state index < -0.39 is 11.9 Å². The molecule has 1 aliphatic heterocycles. The van der Waals surface area contributed by atoms with Crippen LogP contribution in [0.5, 0.6) is 5.88 Å². The first kappa shape index (κ1) is 20.6. The van der Waals surface area contributed by atoms with Gasteiger partial charge in [0.25, 0.3) is 5.88 Å². The quantitative estimate of drug-likeness (QED) is 0.557. The number of carboxylic acids is 2. The topological polar surface area (TPSA) is 126 Å². The van der Waals surface area contributed by atoms with Gasteiger partial charge in [-0.3, -0.25) is 0 Å². The van der Waals surface area contributed by atoms with E-state index in [9.17, 15) is 0 Å². The summed E-state index contributed by atoms with van der Waals surface area (Å²) in [6.45, 7) is 4.85. The smallest absolute Gasteiger partial charge is 0.414 e. The molecule has 0 saturated heterocycles. The van der Waals surface area contributed by atoms with E-state index in [-0.39, 0.29) is 0 Å². The van der Waals surface area contributed by atoms with Gasteiger partial charge in [-0.1, -0.05) is 32.3 Å². The first-order valence-corrected chi connectivity index (χ1v) is 8.25. The maximum atomic E-state index is 9.10. The summed E-state index contributed by atoms with van der Waals surface area (Å²) in [5.41, 5.74) is 1.92. The third-order valence-corrected chi connectivity index (χ3v) is 3.52. The highest BCUT2D eigenvalue weighted by molar-refractivity contribution is 6.27. The molecular weight excluding hydrogens is 330 g/mol. The van der Waals surface area contributed by atoms with E-state index >= 15 is 0 Å². The van der Waals surface area contributed by atoms with Gasteiger partial charge in [0.1, 0.15) is 0 Å². The monoisotopic (exact) mass is 355 g/mol. The Labute approximate surface area is 146 Å². The molecule has 9 nitrogen and oxygen atoms in total. The highest BCUT2D eigenvalue weighted by atomic mass is 16.6. The Morgan fingerprint density at radius 3 is 2.56 bits per heavy atom. The molecule has 1 aromatic rings. The molecule has 1 aliphatic rings. The number of aromatic nitrogens is 2. The molecule has 0 aliphatic carbocycles. The molecular formula is C16H25N3O6. The van der Waals surface area contributed by atoms with E-state index in [1.165, 1.54) is 19.3 Å². The van der Waals surface area contributed by atoms with Crippen LogP contribution in [0.25, 0.3) is 5.57 Å². The maximum absolute atomic E-state index is 9.10. The predicted octanol–water partition coefficient (Wildman–Crippen LogP) is 1.90. The highest BCUT2D eigenvalue weighted by Crippen LogP contribution is 2.25. The lowest BCUT2D eigenvalue weighted by Gasteiger charge is -2.21. The van der Waals surface area contributed by atoms with Gasteiger partial charge >= 0.3 is 11.9 Å². The van der Waals surface area contributed by atoms with Crippen LogP contribution in [0.15, 0.2) is 10.7 Å². The Hall–Kier alpha value is -2.42. The van der Waals surface area contributed by atoms with Gasteiger partial charge in [0, 0.05) is 13.1 Å². The number of likely N-dealkylation sites (N-methyl/N-ethyl adjacent to an activating group) is 1. The lowest BCUT2D eigenvalue weighted by molar-refractivity contribution is -0.159. The summed E-state index contributed by atoms with van der Waals surface area (Å²) < 4.78 is 10.5. The summed E-state index contributed by atoms with van der Waals surface area (Å²) in [6, 6.07) is 0. The third kappa shape index (κ3) is 7.79. The molecule has 2 heterocycles.